The summed E-state index contributed by atoms with van der Waals surface area (Å²) in [5.74, 6) is 0.901. The van der Waals surface area contributed by atoms with Crippen LogP contribution in [0.4, 0.5) is 4.39 Å². The summed E-state index contributed by atoms with van der Waals surface area (Å²) in [5.41, 5.74) is 3.19. The maximum absolute atomic E-state index is 13.6. The van der Waals surface area contributed by atoms with E-state index >= 15 is 0 Å². The highest BCUT2D eigenvalue weighted by atomic mass is 79.9. The van der Waals surface area contributed by atoms with Gasteiger partial charge in [-0.25, -0.2) is 14.4 Å². The molecule has 3 nitrogen and oxygen atoms in total. The van der Waals surface area contributed by atoms with E-state index in [4.69, 9.17) is 11.6 Å². The van der Waals surface area contributed by atoms with Crippen LogP contribution >= 0.6 is 27.5 Å². The highest BCUT2D eigenvalue weighted by molar-refractivity contribution is 9.10. The first kappa shape index (κ1) is 14.5. The molecule has 1 aromatic carbocycles. The fourth-order valence-corrected chi connectivity index (χ4v) is 2.87. The van der Waals surface area contributed by atoms with E-state index in [1.54, 1.807) is 12.3 Å². The third-order valence-electron chi connectivity index (χ3n) is 3.17. The van der Waals surface area contributed by atoms with E-state index in [-0.39, 0.29) is 5.82 Å². The molecule has 0 amide bonds. The van der Waals surface area contributed by atoms with Crippen LogP contribution in [0.5, 0.6) is 0 Å². The molecule has 2 heterocycles. The van der Waals surface area contributed by atoms with Crippen molar-refractivity contribution in [2.75, 3.05) is 5.88 Å². The van der Waals surface area contributed by atoms with E-state index in [9.17, 15) is 4.39 Å². The van der Waals surface area contributed by atoms with Gasteiger partial charge >= 0.3 is 0 Å². The van der Waals surface area contributed by atoms with Crippen LogP contribution in [0.3, 0.4) is 0 Å². The first-order valence-corrected chi connectivity index (χ1v) is 7.78. The first-order valence-electron chi connectivity index (χ1n) is 6.45. The second-order valence-electron chi connectivity index (χ2n) is 4.75. The van der Waals surface area contributed by atoms with E-state index < -0.39 is 0 Å². The zero-order valence-corrected chi connectivity index (χ0v) is 13.6. The van der Waals surface area contributed by atoms with Crippen LogP contribution in [0.15, 0.2) is 34.9 Å². The van der Waals surface area contributed by atoms with Crippen molar-refractivity contribution >= 4 is 38.7 Å². The lowest BCUT2D eigenvalue weighted by Crippen LogP contribution is -2.04. The smallest absolute Gasteiger partial charge is 0.164 e. The van der Waals surface area contributed by atoms with Gasteiger partial charge in [0.05, 0.1) is 5.69 Å². The van der Waals surface area contributed by atoms with Crippen molar-refractivity contribution in [1.82, 2.24) is 14.5 Å². The molecule has 0 radical (unpaired) electrons. The van der Waals surface area contributed by atoms with Crippen LogP contribution in [0.25, 0.3) is 16.9 Å². The van der Waals surface area contributed by atoms with Crippen LogP contribution < -0.4 is 0 Å². The molecule has 2 aromatic heterocycles. The highest BCUT2D eigenvalue weighted by Crippen LogP contribution is 2.27. The number of fused-ring (bicyclic) bond motifs is 1. The van der Waals surface area contributed by atoms with Gasteiger partial charge in [-0.1, -0.05) is 0 Å². The number of nitrogens with zero attached hydrogens (tertiary/aromatic N) is 3. The molecule has 0 aliphatic heterocycles. The van der Waals surface area contributed by atoms with Crippen LogP contribution in [-0.4, -0.2) is 20.4 Å². The Kier molecular flexibility index (Phi) is 3.95. The molecule has 0 N–H and O–H groups in total. The zero-order chi connectivity index (χ0) is 15.0. The quantitative estimate of drug-likeness (QED) is 0.641. The average Bonchev–Trinajstić information content (AvgIpc) is 2.79. The minimum absolute atomic E-state index is 0.306. The third kappa shape index (κ3) is 2.68. The molecular formula is C15H12BrClFN3. The Morgan fingerprint density at radius 2 is 2.14 bits per heavy atom. The van der Waals surface area contributed by atoms with Crippen molar-refractivity contribution in [2.45, 2.75) is 13.3 Å². The van der Waals surface area contributed by atoms with Gasteiger partial charge in [0.15, 0.2) is 5.65 Å². The number of rotatable bonds is 3. The standard InChI is InChI=1S/C15H12BrClFN3/c1-9-6-12-15(19-8-9)21(14(20-12)4-5-17)13-7-10(18)2-3-11(13)16/h2-3,6-8H,4-5H2,1H3. The average molecular weight is 369 g/mol. The Morgan fingerprint density at radius 1 is 1.33 bits per heavy atom. The van der Waals surface area contributed by atoms with Crippen LogP contribution in [0.2, 0.25) is 0 Å². The fourth-order valence-electron chi connectivity index (χ4n) is 2.27. The number of hydrogen-bond acceptors (Lipinski definition) is 2. The summed E-state index contributed by atoms with van der Waals surface area (Å²) >= 11 is 9.33. The van der Waals surface area contributed by atoms with E-state index in [1.807, 2.05) is 17.6 Å². The number of hydrogen-bond donors (Lipinski definition) is 0. The molecule has 0 spiro atoms. The lowest BCUT2D eigenvalue weighted by atomic mass is 10.3. The van der Waals surface area contributed by atoms with Gasteiger partial charge in [0, 0.05) is 23.0 Å². The summed E-state index contributed by atoms with van der Waals surface area (Å²) in [6.07, 6.45) is 2.36. The van der Waals surface area contributed by atoms with Gasteiger partial charge in [-0.05, 0) is 52.7 Å². The Hall–Kier alpha value is -1.46. The van der Waals surface area contributed by atoms with Gasteiger partial charge < -0.3 is 0 Å². The predicted molar refractivity (Wildman–Crippen MR) is 85.7 cm³/mol. The number of aryl methyl sites for hydroxylation is 2. The molecule has 3 aromatic rings. The SMILES string of the molecule is Cc1cnc2c(c1)nc(CCCl)n2-c1cc(F)ccc1Br. The molecule has 6 heteroatoms. The first-order chi connectivity index (χ1) is 10.1. The Labute approximate surface area is 134 Å². The van der Waals surface area contributed by atoms with E-state index in [1.165, 1.54) is 12.1 Å². The summed E-state index contributed by atoms with van der Waals surface area (Å²) in [6.45, 7) is 1.96. The Bertz CT molecular complexity index is 816. The van der Waals surface area contributed by atoms with E-state index in [0.717, 1.165) is 21.4 Å². The number of halogens is 3. The number of aromatic nitrogens is 3. The minimum atomic E-state index is -0.306. The topological polar surface area (TPSA) is 30.7 Å². The van der Waals surface area contributed by atoms with Crippen LogP contribution in [0, 0.1) is 12.7 Å². The third-order valence-corrected chi connectivity index (χ3v) is 4.03. The van der Waals surface area contributed by atoms with E-state index in [0.29, 0.717) is 23.6 Å². The van der Waals surface area contributed by atoms with Gasteiger partial charge in [0.25, 0.3) is 0 Å². The Morgan fingerprint density at radius 3 is 2.90 bits per heavy atom. The van der Waals surface area contributed by atoms with E-state index in [2.05, 4.69) is 25.9 Å². The van der Waals surface area contributed by atoms with Gasteiger partial charge in [-0.15, -0.1) is 11.6 Å². The molecule has 0 aliphatic carbocycles. The number of benzene rings is 1. The zero-order valence-electron chi connectivity index (χ0n) is 11.3. The largest absolute Gasteiger partial charge is 0.279 e. The summed E-state index contributed by atoms with van der Waals surface area (Å²) in [6, 6.07) is 6.51. The molecule has 21 heavy (non-hydrogen) atoms. The fraction of sp³-hybridized carbons (Fsp3) is 0.200. The maximum atomic E-state index is 13.6. The van der Waals surface area contributed by atoms with Gasteiger partial charge in [-0.3, -0.25) is 4.57 Å². The second kappa shape index (κ2) is 5.73. The van der Waals surface area contributed by atoms with Crippen molar-refractivity contribution in [3.05, 3.63) is 52.1 Å². The molecule has 0 saturated heterocycles. The molecule has 0 atom stereocenters. The van der Waals surface area contributed by atoms with Crippen LogP contribution in [0.1, 0.15) is 11.4 Å². The summed E-state index contributed by atoms with van der Waals surface area (Å²) < 4.78 is 16.3. The normalized spacial score (nSPS) is 11.2. The molecule has 0 saturated carbocycles. The van der Waals surface area contributed by atoms with Crippen LogP contribution in [-0.2, 0) is 6.42 Å². The summed E-state index contributed by atoms with van der Waals surface area (Å²) in [7, 11) is 0. The number of alkyl halides is 1. The second-order valence-corrected chi connectivity index (χ2v) is 5.99. The molecular weight excluding hydrogens is 357 g/mol. The molecule has 3 rings (SSSR count). The molecule has 0 aliphatic rings. The minimum Gasteiger partial charge on any atom is -0.279 e. The number of imidazole rings is 1. The molecule has 0 unspecified atom stereocenters. The monoisotopic (exact) mass is 367 g/mol. The van der Waals surface area contributed by atoms with Gasteiger partial charge in [0.1, 0.15) is 17.2 Å². The summed E-state index contributed by atoms with van der Waals surface area (Å²) in [4.78, 5) is 9.03. The molecule has 0 fully saturated rings. The van der Waals surface area contributed by atoms with Gasteiger partial charge in [0.2, 0.25) is 0 Å². The highest BCUT2D eigenvalue weighted by Gasteiger charge is 2.16. The lowest BCUT2D eigenvalue weighted by Gasteiger charge is -2.10. The molecule has 108 valence electrons. The van der Waals surface area contributed by atoms with Crippen molar-refractivity contribution in [3.8, 4) is 5.69 Å². The Balaban J connectivity index is 2.33. The lowest BCUT2D eigenvalue weighted by molar-refractivity contribution is 0.626. The van der Waals surface area contributed by atoms with Crippen molar-refractivity contribution in [1.29, 1.82) is 0 Å². The van der Waals surface area contributed by atoms with Gasteiger partial charge in [-0.2, -0.15) is 0 Å². The van der Waals surface area contributed by atoms with Crippen molar-refractivity contribution < 1.29 is 4.39 Å². The summed E-state index contributed by atoms with van der Waals surface area (Å²) in [5, 5.41) is 0. The molecule has 0 bridgehead atoms. The van der Waals surface area contributed by atoms with Crippen molar-refractivity contribution in [3.63, 3.8) is 0 Å². The predicted octanol–water partition coefficient (Wildman–Crippen LogP) is 4.41. The number of pyridine rings is 1. The maximum Gasteiger partial charge on any atom is 0.164 e. The van der Waals surface area contributed by atoms with Crippen molar-refractivity contribution in [2.24, 2.45) is 0 Å².